The summed E-state index contributed by atoms with van der Waals surface area (Å²) >= 11 is 1.59. The molecule has 0 unspecified atom stereocenters. The van der Waals surface area contributed by atoms with Crippen molar-refractivity contribution in [2.75, 3.05) is 14.1 Å². The first kappa shape index (κ1) is 23.5. The number of sulfonamides is 1. The van der Waals surface area contributed by atoms with Crippen LogP contribution >= 0.6 is 11.8 Å². The van der Waals surface area contributed by atoms with Gasteiger partial charge in [-0.3, -0.25) is 0 Å². The second kappa shape index (κ2) is 9.66. The van der Waals surface area contributed by atoms with E-state index in [-0.39, 0.29) is 4.90 Å². The minimum absolute atomic E-state index is 0.249. The number of thioether (sulfide) groups is 1. The molecule has 0 saturated carbocycles. The molecule has 0 aliphatic carbocycles. The van der Waals surface area contributed by atoms with Crippen molar-refractivity contribution in [3.05, 3.63) is 54.4 Å². The maximum atomic E-state index is 12.6. The summed E-state index contributed by atoms with van der Waals surface area (Å²) in [4.78, 5) is 5.05. The Morgan fingerprint density at radius 2 is 1.76 bits per heavy atom. The molecule has 8 nitrogen and oxygen atoms in total. The lowest BCUT2D eigenvalue weighted by Gasteiger charge is -2.11. The molecule has 33 heavy (non-hydrogen) atoms. The quantitative estimate of drug-likeness (QED) is 0.330. The number of nitrogens with zero attached hydrogens (tertiary/aromatic N) is 6. The fourth-order valence-corrected chi connectivity index (χ4v) is 5.60. The molecule has 0 bridgehead atoms. The van der Waals surface area contributed by atoms with Crippen LogP contribution < -0.4 is 0 Å². The van der Waals surface area contributed by atoms with Gasteiger partial charge < -0.3 is 9.13 Å². The highest BCUT2D eigenvalue weighted by atomic mass is 32.2. The van der Waals surface area contributed by atoms with Gasteiger partial charge in [-0.15, -0.1) is 10.2 Å². The van der Waals surface area contributed by atoms with E-state index in [2.05, 4.69) is 33.2 Å². The number of rotatable bonds is 9. The van der Waals surface area contributed by atoms with Crippen LogP contribution in [0.4, 0.5) is 0 Å². The molecule has 0 radical (unpaired) electrons. The van der Waals surface area contributed by atoms with Crippen molar-refractivity contribution >= 4 is 32.8 Å². The van der Waals surface area contributed by atoms with E-state index in [9.17, 15) is 8.42 Å². The maximum absolute atomic E-state index is 12.6. The molecule has 0 fully saturated rings. The third kappa shape index (κ3) is 4.55. The van der Waals surface area contributed by atoms with Gasteiger partial charge in [0, 0.05) is 32.7 Å². The predicted molar refractivity (Wildman–Crippen MR) is 132 cm³/mol. The van der Waals surface area contributed by atoms with Crippen LogP contribution in [-0.2, 0) is 28.9 Å². The zero-order valence-corrected chi connectivity index (χ0v) is 20.9. The van der Waals surface area contributed by atoms with Gasteiger partial charge in [-0.1, -0.05) is 49.0 Å². The van der Waals surface area contributed by atoms with Crippen molar-refractivity contribution in [2.45, 2.75) is 49.2 Å². The number of fused-ring (bicyclic) bond motifs is 1. The Hall–Kier alpha value is -2.69. The highest BCUT2D eigenvalue weighted by Gasteiger charge is 2.20. The SMILES string of the molecule is CCCn1c(CSc2nnc(-c3ccccc3)n2CC)nc2cc(S(=O)(=O)N(C)C)ccc21. The maximum Gasteiger partial charge on any atom is 0.242 e. The van der Waals surface area contributed by atoms with Gasteiger partial charge in [0.2, 0.25) is 10.0 Å². The van der Waals surface area contributed by atoms with E-state index in [1.807, 2.05) is 36.4 Å². The number of hydrogen-bond donors (Lipinski definition) is 0. The van der Waals surface area contributed by atoms with Crippen LogP contribution in [0, 0.1) is 0 Å². The Labute approximate surface area is 198 Å². The van der Waals surface area contributed by atoms with Gasteiger partial charge >= 0.3 is 0 Å². The first-order valence-electron chi connectivity index (χ1n) is 10.9. The number of imidazole rings is 1. The fraction of sp³-hybridized carbons (Fsp3) is 0.348. The molecule has 0 spiro atoms. The summed E-state index contributed by atoms with van der Waals surface area (Å²) in [6.07, 6.45) is 0.949. The van der Waals surface area contributed by atoms with Gasteiger partial charge in [0.15, 0.2) is 11.0 Å². The van der Waals surface area contributed by atoms with Gasteiger partial charge in [-0.2, -0.15) is 0 Å². The molecule has 0 aliphatic heterocycles. The summed E-state index contributed by atoms with van der Waals surface area (Å²) in [7, 11) is -0.450. The topological polar surface area (TPSA) is 85.9 Å². The summed E-state index contributed by atoms with van der Waals surface area (Å²) in [5.41, 5.74) is 2.66. The Morgan fingerprint density at radius 1 is 1.00 bits per heavy atom. The molecular formula is C23H28N6O2S2. The highest BCUT2D eigenvalue weighted by Crippen LogP contribution is 2.29. The molecule has 4 rings (SSSR count). The summed E-state index contributed by atoms with van der Waals surface area (Å²) in [5, 5.41) is 9.68. The molecule has 10 heteroatoms. The molecule has 0 N–H and O–H groups in total. The van der Waals surface area contributed by atoms with Gasteiger partial charge in [-0.25, -0.2) is 17.7 Å². The van der Waals surface area contributed by atoms with Crippen LogP contribution in [0.25, 0.3) is 22.4 Å². The van der Waals surface area contributed by atoms with Crippen molar-refractivity contribution in [3.63, 3.8) is 0 Å². The standard InChI is InChI=1S/C23H28N6O2S2/c1-5-14-29-20-13-12-18(33(30,31)27(3)4)15-19(20)24-21(29)16-32-23-26-25-22(28(23)6-2)17-10-8-7-9-11-17/h7-13,15H,5-6,14,16H2,1-4H3. The van der Waals surface area contributed by atoms with Crippen LogP contribution in [0.3, 0.4) is 0 Å². The molecule has 0 saturated heterocycles. The van der Waals surface area contributed by atoms with Gasteiger partial charge in [-0.05, 0) is 31.5 Å². The summed E-state index contributed by atoms with van der Waals surface area (Å²) in [6.45, 7) is 5.77. The van der Waals surface area contributed by atoms with Gasteiger partial charge in [0.1, 0.15) is 5.82 Å². The largest absolute Gasteiger partial charge is 0.327 e. The van der Waals surface area contributed by atoms with E-state index < -0.39 is 10.0 Å². The predicted octanol–water partition coefficient (Wildman–Crippen LogP) is 4.27. The van der Waals surface area contributed by atoms with Crippen LogP contribution in [0.5, 0.6) is 0 Å². The minimum Gasteiger partial charge on any atom is -0.327 e. The first-order chi connectivity index (χ1) is 15.9. The average molecular weight is 485 g/mol. The summed E-state index contributed by atoms with van der Waals surface area (Å²) < 4.78 is 30.6. The minimum atomic E-state index is -3.51. The van der Waals surface area contributed by atoms with Crippen molar-refractivity contribution in [3.8, 4) is 11.4 Å². The third-order valence-corrected chi connectivity index (χ3v) is 8.19. The Morgan fingerprint density at radius 3 is 2.42 bits per heavy atom. The molecule has 174 valence electrons. The molecule has 2 heterocycles. The van der Waals surface area contributed by atoms with Gasteiger partial charge in [0.25, 0.3) is 0 Å². The second-order valence-electron chi connectivity index (χ2n) is 7.82. The van der Waals surface area contributed by atoms with Gasteiger partial charge in [0.05, 0.1) is 21.7 Å². The summed E-state index contributed by atoms with van der Waals surface area (Å²) in [6, 6.07) is 15.2. The second-order valence-corrected chi connectivity index (χ2v) is 10.9. The fourth-order valence-electron chi connectivity index (χ4n) is 3.72. The van der Waals surface area contributed by atoms with E-state index in [0.717, 1.165) is 47.4 Å². The monoisotopic (exact) mass is 484 g/mol. The van der Waals surface area contributed by atoms with E-state index in [1.54, 1.807) is 23.9 Å². The van der Waals surface area contributed by atoms with Crippen molar-refractivity contribution in [1.82, 2.24) is 28.6 Å². The normalized spacial score (nSPS) is 12.2. The molecule has 2 aromatic heterocycles. The highest BCUT2D eigenvalue weighted by molar-refractivity contribution is 7.98. The van der Waals surface area contributed by atoms with E-state index in [1.165, 1.54) is 18.4 Å². The van der Waals surface area contributed by atoms with Crippen LogP contribution in [0.15, 0.2) is 58.6 Å². The molecular weight excluding hydrogens is 456 g/mol. The number of hydrogen-bond acceptors (Lipinski definition) is 6. The van der Waals surface area contributed by atoms with Crippen LogP contribution in [0.1, 0.15) is 26.1 Å². The zero-order chi connectivity index (χ0) is 23.6. The van der Waals surface area contributed by atoms with Crippen LogP contribution in [0.2, 0.25) is 0 Å². The van der Waals surface area contributed by atoms with Crippen LogP contribution in [-0.4, -0.2) is 51.1 Å². The molecule has 4 aromatic rings. The zero-order valence-electron chi connectivity index (χ0n) is 19.3. The van der Waals surface area contributed by atoms with E-state index in [4.69, 9.17) is 4.98 Å². The Balaban J connectivity index is 1.66. The molecule has 2 aromatic carbocycles. The van der Waals surface area contributed by atoms with Crippen molar-refractivity contribution < 1.29 is 8.42 Å². The molecule has 0 aliphatic rings. The molecule has 0 amide bonds. The summed E-state index contributed by atoms with van der Waals surface area (Å²) in [5.74, 6) is 2.35. The number of aryl methyl sites for hydroxylation is 1. The van der Waals surface area contributed by atoms with Crippen molar-refractivity contribution in [1.29, 1.82) is 0 Å². The third-order valence-electron chi connectivity index (χ3n) is 5.42. The van der Waals surface area contributed by atoms with Crippen molar-refractivity contribution in [2.24, 2.45) is 0 Å². The lowest BCUT2D eigenvalue weighted by atomic mass is 10.2. The van der Waals surface area contributed by atoms with E-state index >= 15 is 0 Å². The number of aromatic nitrogens is 5. The number of benzene rings is 2. The smallest absolute Gasteiger partial charge is 0.242 e. The first-order valence-corrected chi connectivity index (χ1v) is 13.3. The lowest BCUT2D eigenvalue weighted by molar-refractivity contribution is 0.521. The average Bonchev–Trinajstić information content (AvgIpc) is 3.38. The Bertz CT molecular complexity index is 1360. The lowest BCUT2D eigenvalue weighted by Crippen LogP contribution is -2.22. The Kier molecular flexibility index (Phi) is 6.87. The van der Waals surface area contributed by atoms with E-state index in [0.29, 0.717) is 11.3 Å². The molecule has 0 atom stereocenters.